The van der Waals surface area contributed by atoms with E-state index in [2.05, 4.69) is 12.2 Å². The smallest absolute Gasteiger partial charge is 0.00978 e. The van der Waals surface area contributed by atoms with Crippen molar-refractivity contribution < 1.29 is 0 Å². The van der Waals surface area contributed by atoms with Crippen molar-refractivity contribution in [3.63, 3.8) is 0 Å². The molecule has 1 nitrogen and oxygen atoms in total. The van der Waals surface area contributed by atoms with Crippen LogP contribution in [0.25, 0.3) is 0 Å². The molecule has 0 aromatic carbocycles. The van der Waals surface area contributed by atoms with Crippen LogP contribution in [0, 0.1) is 5.92 Å². The first-order chi connectivity index (χ1) is 5.86. The molecule has 1 aliphatic carbocycles. The minimum Gasteiger partial charge on any atom is -0.311 e. The molecule has 1 aliphatic heterocycles. The molecule has 2 aliphatic rings. The lowest BCUT2D eigenvalue weighted by molar-refractivity contribution is 0.227. The van der Waals surface area contributed by atoms with Crippen molar-refractivity contribution in [3.8, 4) is 0 Å². The second-order valence-corrected chi connectivity index (χ2v) is 4.65. The van der Waals surface area contributed by atoms with Crippen LogP contribution >= 0.6 is 0 Å². The number of rotatable bonds is 0. The Kier molecular flexibility index (Phi) is 2.69. The molecule has 1 heteroatoms. The average molecular weight is 167 g/mol. The minimum absolute atomic E-state index is 0.782. The number of nitrogens with one attached hydrogen (secondary N) is 1. The SMILES string of the molecule is CC1CCC2CCCCCC2N1. The van der Waals surface area contributed by atoms with Crippen LogP contribution in [0.1, 0.15) is 51.9 Å². The van der Waals surface area contributed by atoms with Gasteiger partial charge in [-0.1, -0.05) is 19.3 Å². The van der Waals surface area contributed by atoms with Gasteiger partial charge in [0.25, 0.3) is 0 Å². The van der Waals surface area contributed by atoms with Gasteiger partial charge in [0, 0.05) is 12.1 Å². The summed E-state index contributed by atoms with van der Waals surface area (Å²) in [6.07, 6.45) is 10.2. The van der Waals surface area contributed by atoms with Gasteiger partial charge in [-0.2, -0.15) is 0 Å². The third-order valence-corrected chi connectivity index (χ3v) is 3.63. The summed E-state index contributed by atoms with van der Waals surface area (Å²) in [4.78, 5) is 0. The molecular weight excluding hydrogens is 146 g/mol. The summed E-state index contributed by atoms with van der Waals surface area (Å²) in [5, 5.41) is 3.76. The van der Waals surface area contributed by atoms with Gasteiger partial charge in [-0.25, -0.2) is 0 Å². The maximum atomic E-state index is 3.76. The highest BCUT2D eigenvalue weighted by Gasteiger charge is 2.28. The molecular formula is C11H21N. The molecule has 3 unspecified atom stereocenters. The van der Waals surface area contributed by atoms with Gasteiger partial charge in [0.1, 0.15) is 0 Å². The predicted molar refractivity (Wildman–Crippen MR) is 52.2 cm³/mol. The third-order valence-electron chi connectivity index (χ3n) is 3.63. The summed E-state index contributed by atoms with van der Waals surface area (Å²) in [5.41, 5.74) is 0. The fourth-order valence-corrected chi connectivity index (χ4v) is 2.86. The summed E-state index contributed by atoms with van der Waals surface area (Å²) in [6, 6.07) is 1.65. The van der Waals surface area contributed by atoms with Crippen molar-refractivity contribution >= 4 is 0 Å². The van der Waals surface area contributed by atoms with Gasteiger partial charge in [-0.05, 0) is 38.5 Å². The first-order valence-corrected chi connectivity index (χ1v) is 5.62. The molecule has 2 fully saturated rings. The zero-order valence-corrected chi connectivity index (χ0v) is 8.18. The molecule has 2 rings (SSSR count). The zero-order valence-electron chi connectivity index (χ0n) is 8.18. The summed E-state index contributed by atoms with van der Waals surface area (Å²) in [6.45, 7) is 2.33. The van der Waals surface area contributed by atoms with E-state index in [0.717, 1.165) is 18.0 Å². The van der Waals surface area contributed by atoms with Crippen LogP contribution in [0.2, 0.25) is 0 Å². The van der Waals surface area contributed by atoms with E-state index in [-0.39, 0.29) is 0 Å². The second-order valence-electron chi connectivity index (χ2n) is 4.65. The van der Waals surface area contributed by atoms with E-state index in [1.54, 1.807) is 0 Å². The van der Waals surface area contributed by atoms with Gasteiger partial charge < -0.3 is 5.32 Å². The van der Waals surface area contributed by atoms with Gasteiger partial charge in [-0.15, -0.1) is 0 Å². The minimum atomic E-state index is 0.782. The van der Waals surface area contributed by atoms with Crippen LogP contribution in [0.15, 0.2) is 0 Å². The van der Waals surface area contributed by atoms with E-state index in [0.29, 0.717) is 0 Å². The monoisotopic (exact) mass is 167 g/mol. The molecule has 0 aromatic rings. The van der Waals surface area contributed by atoms with E-state index < -0.39 is 0 Å². The third kappa shape index (κ3) is 1.82. The van der Waals surface area contributed by atoms with E-state index in [1.165, 1.54) is 44.9 Å². The Morgan fingerprint density at radius 3 is 2.67 bits per heavy atom. The molecule has 3 atom stereocenters. The summed E-state index contributed by atoms with van der Waals surface area (Å²) in [5.74, 6) is 1.02. The Balaban J connectivity index is 1.94. The molecule has 1 saturated carbocycles. The fraction of sp³-hybridized carbons (Fsp3) is 1.00. The van der Waals surface area contributed by atoms with Crippen LogP contribution in [0.4, 0.5) is 0 Å². The Morgan fingerprint density at radius 2 is 1.75 bits per heavy atom. The molecule has 0 aromatic heterocycles. The van der Waals surface area contributed by atoms with E-state index in [9.17, 15) is 0 Å². The molecule has 0 radical (unpaired) electrons. The Labute approximate surface area is 75.9 Å². The lowest BCUT2D eigenvalue weighted by Gasteiger charge is -2.35. The first-order valence-electron chi connectivity index (χ1n) is 5.62. The van der Waals surface area contributed by atoms with E-state index in [1.807, 2.05) is 0 Å². The van der Waals surface area contributed by atoms with E-state index in [4.69, 9.17) is 0 Å². The lowest BCUT2D eigenvalue weighted by atomic mass is 9.85. The number of hydrogen-bond acceptors (Lipinski definition) is 1. The molecule has 1 N–H and O–H groups in total. The summed E-state index contributed by atoms with van der Waals surface area (Å²) < 4.78 is 0. The Morgan fingerprint density at radius 1 is 0.917 bits per heavy atom. The summed E-state index contributed by atoms with van der Waals surface area (Å²) >= 11 is 0. The van der Waals surface area contributed by atoms with Crippen LogP contribution < -0.4 is 5.32 Å². The number of piperidine rings is 1. The van der Waals surface area contributed by atoms with E-state index >= 15 is 0 Å². The average Bonchev–Trinajstić information content (AvgIpc) is 2.28. The number of hydrogen-bond donors (Lipinski definition) is 1. The predicted octanol–water partition coefficient (Wildman–Crippen LogP) is 2.71. The van der Waals surface area contributed by atoms with Gasteiger partial charge in [0.05, 0.1) is 0 Å². The zero-order chi connectivity index (χ0) is 8.39. The highest BCUT2D eigenvalue weighted by Crippen LogP contribution is 2.30. The van der Waals surface area contributed by atoms with Crippen molar-refractivity contribution in [1.29, 1.82) is 0 Å². The van der Waals surface area contributed by atoms with Gasteiger partial charge in [-0.3, -0.25) is 0 Å². The van der Waals surface area contributed by atoms with Crippen molar-refractivity contribution in [2.45, 2.75) is 64.0 Å². The largest absolute Gasteiger partial charge is 0.311 e. The molecule has 1 saturated heterocycles. The summed E-state index contributed by atoms with van der Waals surface area (Å²) in [7, 11) is 0. The Hall–Kier alpha value is -0.0400. The van der Waals surface area contributed by atoms with Crippen LogP contribution in [0.5, 0.6) is 0 Å². The van der Waals surface area contributed by atoms with Gasteiger partial charge in [0.2, 0.25) is 0 Å². The van der Waals surface area contributed by atoms with Crippen molar-refractivity contribution in [2.75, 3.05) is 0 Å². The fourth-order valence-electron chi connectivity index (χ4n) is 2.86. The normalized spacial score (nSPS) is 43.2. The first kappa shape index (κ1) is 8.55. The van der Waals surface area contributed by atoms with Crippen molar-refractivity contribution in [1.82, 2.24) is 5.32 Å². The topological polar surface area (TPSA) is 12.0 Å². The second kappa shape index (κ2) is 3.78. The quantitative estimate of drug-likeness (QED) is 0.585. The van der Waals surface area contributed by atoms with Crippen LogP contribution in [0.3, 0.4) is 0 Å². The van der Waals surface area contributed by atoms with Gasteiger partial charge >= 0.3 is 0 Å². The standard InChI is InChI=1S/C11H21N/c1-9-7-8-10-5-3-2-4-6-11(10)12-9/h9-12H,2-8H2,1H3. The molecule has 0 spiro atoms. The van der Waals surface area contributed by atoms with Crippen LogP contribution in [-0.4, -0.2) is 12.1 Å². The van der Waals surface area contributed by atoms with Crippen LogP contribution in [-0.2, 0) is 0 Å². The maximum Gasteiger partial charge on any atom is 0.00978 e. The molecule has 0 amide bonds. The van der Waals surface area contributed by atoms with Crippen molar-refractivity contribution in [2.24, 2.45) is 5.92 Å². The molecule has 0 bridgehead atoms. The maximum absolute atomic E-state index is 3.76. The number of fused-ring (bicyclic) bond motifs is 1. The molecule has 70 valence electrons. The highest BCUT2D eigenvalue weighted by atomic mass is 15.0. The lowest BCUT2D eigenvalue weighted by Crippen LogP contribution is -2.45. The Bertz CT molecular complexity index is 144. The van der Waals surface area contributed by atoms with Gasteiger partial charge in [0.15, 0.2) is 0 Å². The molecule has 1 heterocycles. The van der Waals surface area contributed by atoms with Crippen molar-refractivity contribution in [3.05, 3.63) is 0 Å². The molecule has 12 heavy (non-hydrogen) atoms. The highest BCUT2D eigenvalue weighted by molar-refractivity contribution is 4.86.